The lowest BCUT2D eigenvalue weighted by atomic mass is 10.1. The summed E-state index contributed by atoms with van der Waals surface area (Å²) in [5.74, 6) is 0. The van der Waals surface area contributed by atoms with Crippen molar-refractivity contribution < 1.29 is 8.42 Å². The van der Waals surface area contributed by atoms with Gasteiger partial charge in [-0.3, -0.25) is 0 Å². The largest absolute Gasteiger partial charge is 0.276 e. The van der Waals surface area contributed by atoms with Gasteiger partial charge in [0.05, 0.1) is 10.6 Å². The molecule has 0 fully saturated rings. The average molecular weight is 312 g/mol. The SMILES string of the molecule is C=C(C)c1ccccc1N(C#N)S(=O)(=O)c1ccc(C)cc1. The van der Waals surface area contributed by atoms with Crippen LogP contribution in [0.1, 0.15) is 18.1 Å². The van der Waals surface area contributed by atoms with Crippen molar-refractivity contribution in [3.8, 4) is 6.19 Å². The van der Waals surface area contributed by atoms with E-state index in [1.807, 2.05) is 6.92 Å². The molecule has 0 bridgehead atoms. The number of para-hydroxylation sites is 1. The number of hydrogen-bond acceptors (Lipinski definition) is 3. The number of benzene rings is 2. The van der Waals surface area contributed by atoms with E-state index in [0.717, 1.165) is 9.87 Å². The van der Waals surface area contributed by atoms with E-state index in [0.29, 0.717) is 16.8 Å². The lowest BCUT2D eigenvalue weighted by Crippen LogP contribution is -2.26. The molecule has 0 aliphatic heterocycles. The van der Waals surface area contributed by atoms with Crippen LogP contribution in [0.25, 0.3) is 5.57 Å². The minimum absolute atomic E-state index is 0.0798. The summed E-state index contributed by atoms with van der Waals surface area (Å²) in [4.78, 5) is 0.0798. The van der Waals surface area contributed by atoms with Gasteiger partial charge in [-0.2, -0.15) is 18.0 Å². The lowest BCUT2D eigenvalue weighted by molar-refractivity contribution is 0.596. The molecule has 0 aromatic heterocycles. The van der Waals surface area contributed by atoms with E-state index in [2.05, 4.69) is 6.58 Å². The lowest BCUT2D eigenvalue weighted by Gasteiger charge is -2.19. The van der Waals surface area contributed by atoms with Crippen LogP contribution in [0.2, 0.25) is 0 Å². The predicted molar refractivity (Wildman–Crippen MR) is 87.6 cm³/mol. The molecular formula is C17H16N2O2S. The summed E-state index contributed by atoms with van der Waals surface area (Å²) in [6.45, 7) is 7.48. The van der Waals surface area contributed by atoms with Crippen molar-refractivity contribution >= 4 is 21.3 Å². The van der Waals surface area contributed by atoms with Crippen LogP contribution in [0, 0.1) is 18.4 Å². The summed E-state index contributed by atoms with van der Waals surface area (Å²) in [6, 6.07) is 13.2. The third-order valence-electron chi connectivity index (χ3n) is 3.23. The predicted octanol–water partition coefficient (Wildman–Crippen LogP) is 3.70. The van der Waals surface area contributed by atoms with Crippen LogP contribution in [0.3, 0.4) is 0 Å². The third-order valence-corrected chi connectivity index (χ3v) is 4.86. The maximum absolute atomic E-state index is 12.7. The fourth-order valence-corrected chi connectivity index (χ4v) is 3.28. The van der Waals surface area contributed by atoms with Gasteiger partial charge >= 0.3 is 0 Å². The standard InChI is InChI=1S/C17H16N2O2S/c1-13(2)16-6-4-5-7-17(16)19(12-18)22(20,21)15-10-8-14(3)9-11-15/h4-11H,1H2,2-3H3. The van der Waals surface area contributed by atoms with Gasteiger partial charge in [0.2, 0.25) is 0 Å². The highest BCUT2D eigenvalue weighted by Gasteiger charge is 2.26. The third kappa shape index (κ3) is 2.87. The zero-order chi connectivity index (χ0) is 16.3. The van der Waals surface area contributed by atoms with E-state index in [1.165, 1.54) is 12.1 Å². The van der Waals surface area contributed by atoms with E-state index in [-0.39, 0.29) is 4.90 Å². The van der Waals surface area contributed by atoms with Gasteiger partial charge < -0.3 is 0 Å². The number of nitriles is 1. The van der Waals surface area contributed by atoms with Crippen molar-refractivity contribution in [3.05, 3.63) is 66.2 Å². The number of allylic oxidation sites excluding steroid dienone is 1. The molecule has 4 nitrogen and oxygen atoms in total. The smallest absolute Gasteiger partial charge is 0.200 e. The zero-order valence-corrected chi connectivity index (χ0v) is 13.3. The Morgan fingerprint density at radius 1 is 1.14 bits per heavy atom. The van der Waals surface area contributed by atoms with E-state index < -0.39 is 10.0 Å². The number of aryl methyl sites for hydroxylation is 1. The molecule has 2 aromatic rings. The normalized spacial score (nSPS) is 10.8. The highest BCUT2D eigenvalue weighted by Crippen LogP contribution is 2.30. The molecule has 112 valence electrons. The molecule has 0 spiro atoms. The molecule has 0 saturated carbocycles. The van der Waals surface area contributed by atoms with Crippen molar-refractivity contribution in [1.82, 2.24) is 0 Å². The average Bonchev–Trinajstić information content (AvgIpc) is 2.48. The summed E-state index contributed by atoms with van der Waals surface area (Å²) in [7, 11) is -3.95. The second-order valence-corrected chi connectivity index (χ2v) is 6.77. The van der Waals surface area contributed by atoms with Crippen LogP contribution in [0.15, 0.2) is 60.0 Å². The van der Waals surface area contributed by atoms with Crippen molar-refractivity contribution in [1.29, 1.82) is 5.26 Å². The highest BCUT2D eigenvalue weighted by molar-refractivity contribution is 7.93. The van der Waals surface area contributed by atoms with Crippen molar-refractivity contribution in [2.24, 2.45) is 0 Å². The molecule has 0 unspecified atom stereocenters. The van der Waals surface area contributed by atoms with Gasteiger partial charge in [-0.1, -0.05) is 42.5 Å². The Hall–Kier alpha value is -2.58. The molecule has 0 aliphatic rings. The second kappa shape index (κ2) is 6.04. The molecule has 0 heterocycles. The fraction of sp³-hybridized carbons (Fsp3) is 0.118. The first-order valence-corrected chi connectivity index (χ1v) is 8.08. The first-order chi connectivity index (χ1) is 10.4. The van der Waals surface area contributed by atoms with Gasteiger partial charge in [-0.15, -0.1) is 0 Å². The van der Waals surface area contributed by atoms with E-state index in [1.54, 1.807) is 49.5 Å². The molecule has 0 N–H and O–H groups in total. The summed E-state index contributed by atoms with van der Waals surface area (Å²) in [6.07, 6.45) is 1.77. The Bertz CT molecular complexity index is 847. The molecule has 0 aliphatic carbocycles. The molecular weight excluding hydrogens is 296 g/mol. The van der Waals surface area contributed by atoms with E-state index in [4.69, 9.17) is 0 Å². The summed E-state index contributed by atoms with van der Waals surface area (Å²) >= 11 is 0. The molecule has 0 radical (unpaired) electrons. The van der Waals surface area contributed by atoms with Gasteiger partial charge in [-0.25, -0.2) is 0 Å². The van der Waals surface area contributed by atoms with E-state index >= 15 is 0 Å². The number of sulfonamides is 1. The minimum atomic E-state index is -3.95. The fourth-order valence-electron chi connectivity index (χ4n) is 2.06. The monoisotopic (exact) mass is 312 g/mol. The Labute approximate surface area is 131 Å². The molecule has 5 heteroatoms. The zero-order valence-electron chi connectivity index (χ0n) is 12.4. The summed E-state index contributed by atoms with van der Waals surface area (Å²) in [5.41, 5.74) is 2.57. The second-order valence-electron chi connectivity index (χ2n) is 4.98. The number of rotatable bonds is 4. The number of anilines is 1. The van der Waals surface area contributed by atoms with Crippen LogP contribution in [0.5, 0.6) is 0 Å². The van der Waals surface area contributed by atoms with Crippen molar-refractivity contribution in [3.63, 3.8) is 0 Å². The summed E-state index contributed by atoms with van der Waals surface area (Å²) in [5, 5.41) is 9.40. The first-order valence-electron chi connectivity index (χ1n) is 6.64. The van der Waals surface area contributed by atoms with Gasteiger partial charge in [0.15, 0.2) is 6.19 Å². The van der Waals surface area contributed by atoms with Gasteiger partial charge in [-0.05, 0) is 37.6 Å². The van der Waals surface area contributed by atoms with Crippen LogP contribution < -0.4 is 4.31 Å². The topological polar surface area (TPSA) is 61.2 Å². The van der Waals surface area contributed by atoms with Gasteiger partial charge in [0.1, 0.15) is 0 Å². The first kappa shape index (κ1) is 15.8. The molecule has 2 rings (SSSR count). The van der Waals surface area contributed by atoms with Gasteiger partial charge in [0, 0.05) is 5.56 Å². The maximum Gasteiger partial charge on any atom is 0.276 e. The Morgan fingerprint density at radius 2 is 1.73 bits per heavy atom. The molecule has 2 aromatic carbocycles. The molecule has 0 saturated heterocycles. The summed E-state index contributed by atoms with van der Waals surface area (Å²) < 4.78 is 26.2. The molecule has 0 amide bonds. The number of nitrogens with zero attached hydrogens (tertiary/aromatic N) is 2. The highest BCUT2D eigenvalue weighted by atomic mass is 32.2. The maximum atomic E-state index is 12.7. The number of hydrogen-bond donors (Lipinski definition) is 0. The van der Waals surface area contributed by atoms with Crippen LogP contribution in [0.4, 0.5) is 5.69 Å². The Morgan fingerprint density at radius 3 is 2.27 bits per heavy atom. The van der Waals surface area contributed by atoms with Crippen LogP contribution >= 0.6 is 0 Å². The van der Waals surface area contributed by atoms with Crippen LogP contribution in [-0.4, -0.2) is 8.42 Å². The Kier molecular flexibility index (Phi) is 4.34. The molecule has 22 heavy (non-hydrogen) atoms. The van der Waals surface area contributed by atoms with Crippen LogP contribution in [-0.2, 0) is 10.0 Å². The Balaban J connectivity index is 2.60. The van der Waals surface area contributed by atoms with Crippen molar-refractivity contribution in [2.45, 2.75) is 18.7 Å². The van der Waals surface area contributed by atoms with Gasteiger partial charge in [0.25, 0.3) is 10.0 Å². The molecule has 0 atom stereocenters. The quantitative estimate of drug-likeness (QED) is 0.639. The van der Waals surface area contributed by atoms with E-state index in [9.17, 15) is 13.7 Å². The minimum Gasteiger partial charge on any atom is -0.200 e. The van der Waals surface area contributed by atoms with Crippen molar-refractivity contribution in [2.75, 3.05) is 4.31 Å².